The third-order valence-corrected chi connectivity index (χ3v) is 4.88. The quantitative estimate of drug-likeness (QED) is 0.562. The number of alkyl halides is 3. The highest BCUT2D eigenvalue weighted by Crippen LogP contribution is 2.32. The molecule has 4 rings (SSSR count). The van der Waals surface area contributed by atoms with E-state index in [2.05, 4.69) is 10.1 Å². The van der Waals surface area contributed by atoms with Gasteiger partial charge in [-0.05, 0) is 48.9 Å². The Hall–Kier alpha value is -3.75. The number of carbonyl (C=O) groups is 2. The maximum absolute atomic E-state index is 12.9. The smallest absolute Gasteiger partial charge is 0.416 e. The van der Waals surface area contributed by atoms with Crippen molar-refractivity contribution in [3.8, 4) is 11.5 Å². The van der Waals surface area contributed by atoms with Crippen LogP contribution in [0.2, 0.25) is 0 Å². The summed E-state index contributed by atoms with van der Waals surface area (Å²) in [5, 5.41) is 5.08. The molecule has 1 aliphatic rings. The lowest BCUT2D eigenvalue weighted by molar-refractivity contribution is -0.137. The first-order chi connectivity index (χ1) is 14.7. The number of benzene rings is 2. The van der Waals surface area contributed by atoms with Crippen LogP contribution in [0, 0.1) is 5.92 Å². The van der Waals surface area contributed by atoms with E-state index < -0.39 is 23.6 Å². The fourth-order valence-corrected chi connectivity index (χ4v) is 3.40. The van der Waals surface area contributed by atoms with Crippen molar-refractivity contribution in [2.75, 3.05) is 5.01 Å². The minimum Gasteiger partial charge on any atom is -0.445 e. The maximum atomic E-state index is 12.9. The molecule has 2 aromatic carbocycles. The van der Waals surface area contributed by atoms with Crippen molar-refractivity contribution in [1.29, 1.82) is 0 Å². The number of aromatic nitrogens is 1. The van der Waals surface area contributed by atoms with Gasteiger partial charge in [0.1, 0.15) is 12.2 Å². The van der Waals surface area contributed by atoms with Crippen molar-refractivity contribution in [3.63, 3.8) is 0 Å². The van der Waals surface area contributed by atoms with Crippen LogP contribution in [-0.2, 0) is 22.2 Å². The number of carbonyl (C=O) groups excluding carboxylic acids is 2. The number of anilines is 1. The topological polar surface area (TPSA) is 75.8 Å². The van der Waals surface area contributed by atoms with E-state index >= 15 is 0 Å². The van der Waals surface area contributed by atoms with Gasteiger partial charge in [-0.2, -0.15) is 23.3 Å². The van der Waals surface area contributed by atoms with Crippen LogP contribution in [0.5, 0.6) is 0 Å². The van der Waals surface area contributed by atoms with Gasteiger partial charge in [0, 0.05) is 12.0 Å². The molecular weight excluding hydrogens is 411 g/mol. The van der Waals surface area contributed by atoms with Gasteiger partial charge in [-0.25, -0.2) is 4.98 Å². The van der Waals surface area contributed by atoms with E-state index in [4.69, 9.17) is 4.42 Å². The average molecular weight is 427 g/mol. The first-order valence-electron chi connectivity index (χ1n) is 9.32. The monoisotopic (exact) mass is 427 g/mol. The molecule has 6 nitrogen and oxygen atoms in total. The summed E-state index contributed by atoms with van der Waals surface area (Å²) in [5.74, 6) is -1.62. The van der Waals surface area contributed by atoms with E-state index in [1.54, 1.807) is 31.2 Å². The third-order valence-electron chi connectivity index (χ3n) is 4.88. The van der Waals surface area contributed by atoms with Crippen molar-refractivity contribution >= 4 is 23.1 Å². The zero-order valence-corrected chi connectivity index (χ0v) is 16.3. The van der Waals surface area contributed by atoms with Crippen LogP contribution in [0.4, 0.5) is 18.9 Å². The van der Waals surface area contributed by atoms with Crippen LogP contribution < -0.4 is 5.01 Å². The van der Waals surface area contributed by atoms with Crippen molar-refractivity contribution in [1.82, 2.24) is 4.98 Å². The second kappa shape index (κ2) is 7.82. The Morgan fingerprint density at radius 1 is 1.16 bits per heavy atom. The molecule has 0 N–H and O–H groups in total. The van der Waals surface area contributed by atoms with Crippen molar-refractivity contribution in [2.45, 2.75) is 19.5 Å². The van der Waals surface area contributed by atoms with Gasteiger partial charge in [0.25, 0.3) is 5.91 Å². The molecule has 1 aromatic heterocycles. The van der Waals surface area contributed by atoms with Crippen LogP contribution in [0.15, 0.2) is 70.5 Å². The molecule has 0 saturated heterocycles. The predicted octanol–water partition coefficient (Wildman–Crippen LogP) is 4.51. The van der Waals surface area contributed by atoms with Crippen LogP contribution in [0.25, 0.3) is 11.5 Å². The molecular formula is C22H16F3N3O3. The highest BCUT2D eigenvalue weighted by Gasteiger charge is 2.39. The Morgan fingerprint density at radius 3 is 2.55 bits per heavy atom. The number of oxazole rings is 1. The Morgan fingerprint density at radius 2 is 1.90 bits per heavy atom. The molecule has 0 fully saturated rings. The Kier molecular flexibility index (Phi) is 5.18. The normalized spacial score (nSPS) is 16.5. The summed E-state index contributed by atoms with van der Waals surface area (Å²) >= 11 is 0. The Balaban J connectivity index is 1.51. The maximum Gasteiger partial charge on any atom is 0.416 e. The number of Topliss-reactive ketones (excluding diaryl/α,β-unsaturated/α-hetero) is 1. The second-order valence-corrected chi connectivity index (χ2v) is 7.05. The highest BCUT2D eigenvalue weighted by atomic mass is 19.4. The lowest BCUT2D eigenvalue weighted by Gasteiger charge is -2.15. The number of rotatable bonds is 5. The standard InChI is InChI=1S/C22H16F3N3O3/c1-13-19(18(29)12-14-3-2-4-15(11-14)20-26-9-10-31-20)21(30)28(27-13)17-7-5-16(6-8-17)22(23,24)25/h2-11,19H,12H2,1H3. The molecule has 1 amide bonds. The molecule has 1 aliphatic heterocycles. The molecule has 3 aromatic rings. The fraction of sp³-hybridized carbons (Fsp3) is 0.182. The van der Waals surface area contributed by atoms with Gasteiger partial charge in [-0.1, -0.05) is 12.1 Å². The minimum atomic E-state index is -4.48. The molecule has 2 heterocycles. The molecule has 0 saturated carbocycles. The first kappa shape index (κ1) is 20.5. The van der Waals surface area contributed by atoms with Gasteiger partial charge < -0.3 is 4.42 Å². The van der Waals surface area contributed by atoms with Gasteiger partial charge in [-0.15, -0.1) is 0 Å². The van der Waals surface area contributed by atoms with Crippen LogP contribution >= 0.6 is 0 Å². The molecule has 158 valence electrons. The average Bonchev–Trinajstić information content (AvgIpc) is 3.36. The molecule has 1 atom stereocenters. The van der Waals surface area contributed by atoms with Crippen molar-refractivity contribution < 1.29 is 27.2 Å². The SMILES string of the molecule is CC1=NN(c2ccc(C(F)(F)F)cc2)C(=O)C1C(=O)Cc1cccc(-c2ncco2)c1. The Bertz CT molecular complexity index is 1150. The molecule has 0 radical (unpaired) electrons. The van der Waals surface area contributed by atoms with Gasteiger partial charge in [-0.3, -0.25) is 9.59 Å². The summed E-state index contributed by atoms with van der Waals surface area (Å²) in [7, 11) is 0. The number of amides is 1. The lowest BCUT2D eigenvalue weighted by Crippen LogP contribution is -2.33. The van der Waals surface area contributed by atoms with Gasteiger partial charge in [0.15, 0.2) is 5.78 Å². The first-order valence-corrected chi connectivity index (χ1v) is 9.32. The van der Waals surface area contributed by atoms with Gasteiger partial charge in [0.05, 0.1) is 23.2 Å². The molecule has 0 spiro atoms. The zero-order chi connectivity index (χ0) is 22.2. The lowest BCUT2D eigenvalue weighted by atomic mass is 9.93. The number of nitrogens with zero attached hydrogens (tertiary/aromatic N) is 3. The number of hydrogen-bond donors (Lipinski definition) is 0. The molecule has 9 heteroatoms. The number of ketones is 1. The minimum absolute atomic E-state index is 0.0152. The summed E-state index contributed by atoms with van der Waals surface area (Å²) in [6.45, 7) is 1.55. The number of halogens is 3. The van der Waals surface area contributed by atoms with Crippen molar-refractivity contribution in [3.05, 3.63) is 72.1 Å². The van der Waals surface area contributed by atoms with Gasteiger partial charge >= 0.3 is 6.18 Å². The number of hydrogen-bond acceptors (Lipinski definition) is 5. The van der Waals surface area contributed by atoms with E-state index in [1.807, 2.05) is 0 Å². The van der Waals surface area contributed by atoms with Crippen LogP contribution in [0.3, 0.4) is 0 Å². The third kappa shape index (κ3) is 4.11. The van der Waals surface area contributed by atoms with E-state index in [0.717, 1.165) is 29.3 Å². The van der Waals surface area contributed by atoms with Gasteiger partial charge in [0.2, 0.25) is 5.89 Å². The largest absolute Gasteiger partial charge is 0.445 e. The second-order valence-electron chi connectivity index (χ2n) is 7.05. The van der Waals surface area contributed by atoms with E-state index in [9.17, 15) is 22.8 Å². The summed E-state index contributed by atoms with van der Waals surface area (Å²) in [5.41, 5.74) is 0.999. The molecule has 1 unspecified atom stereocenters. The van der Waals surface area contributed by atoms with Crippen molar-refractivity contribution in [2.24, 2.45) is 11.0 Å². The summed E-state index contributed by atoms with van der Waals surface area (Å²) in [6, 6.07) is 11.1. The van der Waals surface area contributed by atoms with Crippen LogP contribution in [0.1, 0.15) is 18.1 Å². The van der Waals surface area contributed by atoms with E-state index in [1.165, 1.54) is 12.5 Å². The molecule has 0 bridgehead atoms. The van der Waals surface area contributed by atoms with Crippen LogP contribution in [-0.4, -0.2) is 22.4 Å². The fourth-order valence-electron chi connectivity index (χ4n) is 3.40. The molecule has 31 heavy (non-hydrogen) atoms. The van der Waals surface area contributed by atoms with E-state index in [0.29, 0.717) is 22.7 Å². The highest BCUT2D eigenvalue weighted by molar-refractivity contribution is 6.27. The summed E-state index contributed by atoms with van der Waals surface area (Å²) in [6.07, 6.45) is -1.54. The predicted molar refractivity (Wildman–Crippen MR) is 106 cm³/mol. The zero-order valence-electron chi connectivity index (χ0n) is 16.3. The molecule has 0 aliphatic carbocycles. The van der Waals surface area contributed by atoms with E-state index in [-0.39, 0.29) is 17.9 Å². The summed E-state index contributed by atoms with van der Waals surface area (Å²) < 4.78 is 43.6. The summed E-state index contributed by atoms with van der Waals surface area (Å²) in [4.78, 5) is 29.8. The number of hydrazone groups is 1. The Labute approximate surface area is 175 Å².